The molecule has 0 amide bonds. The van der Waals surface area contributed by atoms with Crippen molar-refractivity contribution in [3.05, 3.63) is 79.1 Å². The Morgan fingerprint density at radius 3 is 2.36 bits per heavy atom. The summed E-state index contributed by atoms with van der Waals surface area (Å²) < 4.78 is 0. The molecule has 1 aliphatic heterocycles. The molecule has 3 aromatic rings. The highest BCUT2D eigenvalue weighted by molar-refractivity contribution is 5.89. The fourth-order valence-corrected chi connectivity index (χ4v) is 4.00. The Labute approximate surface area is 147 Å². The van der Waals surface area contributed by atoms with Gasteiger partial charge in [-0.3, -0.25) is 9.59 Å². The van der Waals surface area contributed by atoms with Gasteiger partial charge in [0.05, 0.1) is 5.56 Å². The minimum absolute atomic E-state index is 0.173. The van der Waals surface area contributed by atoms with E-state index in [1.165, 1.54) is 11.1 Å². The largest absolute Gasteiger partial charge is 0.334 e. The summed E-state index contributed by atoms with van der Waals surface area (Å²) in [5.74, 6) is 0. The van der Waals surface area contributed by atoms with Crippen LogP contribution in [0.3, 0.4) is 0 Å². The monoisotopic (exact) mass is 331 g/mol. The molecule has 1 heterocycles. The second kappa shape index (κ2) is 5.41. The zero-order valence-corrected chi connectivity index (χ0v) is 15.0. The molecular weight excluding hydrogens is 310 g/mol. The Kier molecular flexibility index (Phi) is 3.43. The first-order valence-electron chi connectivity index (χ1n) is 8.68. The Morgan fingerprint density at radius 2 is 1.60 bits per heavy atom. The van der Waals surface area contributed by atoms with Gasteiger partial charge < -0.3 is 4.90 Å². The van der Waals surface area contributed by atoms with Gasteiger partial charge in [0.25, 0.3) is 5.43 Å². The standard InChI is InChI=1S/C22H21NO2/c1-12-9-14(3)17(10-13(12)2)19-20(22(25)21(19)24)23-15(4)11-16-7-5-6-8-18(16)23/h5-10,15H,11H2,1-4H3/t15-/m1/s1. The Morgan fingerprint density at radius 1 is 0.920 bits per heavy atom. The van der Waals surface area contributed by atoms with E-state index >= 15 is 0 Å². The molecule has 3 aromatic carbocycles. The SMILES string of the molecule is Cc1cc(C)c(-c2c(N3c4ccccc4C[C@H]3C)c(=O)c2=O)cc1C. The van der Waals surface area contributed by atoms with E-state index < -0.39 is 0 Å². The van der Waals surface area contributed by atoms with Crippen LogP contribution in [0.15, 0.2) is 46.0 Å². The predicted molar refractivity (Wildman–Crippen MR) is 103 cm³/mol. The van der Waals surface area contributed by atoms with E-state index in [0.29, 0.717) is 11.3 Å². The van der Waals surface area contributed by atoms with Crippen molar-refractivity contribution in [3.63, 3.8) is 0 Å². The number of nitrogens with zero attached hydrogens (tertiary/aromatic N) is 1. The maximum atomic E-state index is 12.5. The highest BCUT2D eigenvalue weighted by atomic mass is 16.2. The van der Waals surface area contributed by atoms with Crippen molar-refractivity contribution in [3.8, 4) is 11.1 Å². The van der Waals surface area contributed by atoms with Gasteiger partial charge in [-0.05, 0) is 68.0 Å². The average Bonchev–Trinajstić information content (AvgIpc) is 2.91. The number of fused-ring (bicyclic) bond motifs is 1. The lowest BCUT2D eigenvalue weighted by Crippen LogP contribution is -2.42. The van der Waals surface area contributed by atoms with Crippen LogP contribution >= 0.6 is 0 Å². The molecule has 0 radical (unpaired) electrons. The van der Waals surface area contributed by atoms with E-state index in [1.54, 1.807) is 0 Å². The fraction of sp³-hybridized carbons (Fsp3) is 0.273. The number of hydrogen-bond donors (Lipinski definition) is 0. The van der Waals surface area contributed by atoms with Crippen LogP contribution in [0, 0.1) is 20.8 Å². The zero-order chi connectivity index (χ0) is 17.9. The van der Waals surface area contributed by atoms with Gasteiger partial charge in [0.15, 0.2) is 0 Å². The highest BCUT2D eigenvalue weighted by Crippen LogP contribution is 2.41. The molecule has 1 aliphatic rings. The summed E-state index contributed by atoms with van der Waals surface area (Å²) >= 11 is 0. The van der Waals surface area contributed by atoms with Crippen LogP contribution in [-0.2, 0) is 6.42 Å². The Balaban J connectivity index is 1.93. The predicted octanol–water partition coefficient (Wildman–Crippen LogP) is 3.96. The van der Waals surface area contributed by atoms with E-state index in [0.717, 1.165) is 28.8 Å². The Hall–Kier alpha value is -2.68. The van der Waals surface area contributed by atoms with Crippen LogP contribution in [0.1, 0.15) is 29.2 Å². The molecule has 4 rings (SSSR count). The summed E-state index contributed by atoms with van der Waals surface area (Å²) in [4.78, 5) is 27.0. The third-order valence-corrected chi connectivity index (χ3v) is 5.44. The van der Waals surface area contributed by atoms with Crippen molar-refractivity contribution in [2.45, 2.75) is 40.2 Å². The molecule has 126 valence electrons. The van der Waals surface area contributed by atoms with Gasteiger partial charge in [-0.1, -0.05) is 30.3 Å². The summed E-state index contributed by atoms with van der Waals surface area (Å²) in [6.07, 6.45) is 0.889. The van der Waals surface area contributed by atoms with Crippen LogP contribution in [0.4, 0.5) is 11.4 Å². The molecule has 0 N–H and O–H groups in total. The number of rotatable bonds is 2. The van der Waals surface area contributed by atoms with Gasteiger partial charge in [-0.25, -0.2) is 0 Å². The average molecular weight is 331 g/mol. The first kappa shape index (κ1) is 15.8. The van der Waals surface area contributed by atoms with Gasteiger partial charge in [-0.15, -0.1) is 0 Å². The van der Waals surface area contributed by atoms with Gasteiger partial charge in [0.1, 0.15) is 5.69 Å². The Bertz CT molecular complexity index is 1070. The molecule has 0 bridgehead atoms. The van der Waals surface area contributed by atoms with Gasteiger partial charge in [0.2, 0.25) is 5.43 Å². The van der Waals surface area contributed by atoms with E-state index in [4.69, 9.17) is 0 Å². The summed E-state index contributed by atoms with van der Waals surface area (Å²) in [6, 6.07) is 12.4. The molecule has 0 aliphatic carbocycles. The molecular formula is C22H21NO2. The summed E-state index contributed by atoms with van der Waals surface area (Å²) in [6.45, 7) is 8.21. The van der Waals surface area contributed by atoms with E-state index in [1.807, 2.05) is 38.1 Å². The quantitative estimate of drug-likeness (QED) is 0.667. The number of benzene rings is 2. The van der Waals surface area contributed by atoms with E-state index in [-0.39, 0.29) is 16.9 Å². The lowest BCUT2D eigenvalue weighted by Gasteiger charge is -2.28. The summed E-state index contributed by atoms with van der Waals surface area (Å²) in [5.41, 5.74) is 6.94. The number of para-hydroxylation sites is 1. The minimum Gasteiger partial charge on any atom is -0.334 e. The smallest absolute Gasteiger partial charge is 0.250 e. The van der Waals surface area contributed by atoms with Crippen molar-refractivity contribution < 1.29 is 0 Å². The minimum atomic E-state index is -0.365. The van der Waals surface area contributed by atoms with Crippen LogP contribution in [0.25, 0.3) is 11.1 Å². The maximum absolute atomic E-state index is 12.5. The molecule has 0 aromatic heterocycles. The van der Waals surface area contributed by atoms with Crippen LogP contribution in [0.2, 0.25) is 0 Å². The van der Waals surface area contributed by atoms with Crippen LogP contribution in [-0.4, -0.2) is 6.04 Å². The zero-order valence-electron chi connectivity index (χ0n) is 15.0. The van der Waals surface area contributed by atoms with Crippen molar-refractivity contribution in [1.82, 2.24) is 0 Å². The van der Waals surface area contributed by atoms with Crippen molar-refractivity contribution in [2.24, 2.45) is 0 Å². The molecule has 0 saturated carbocycles. The molecule has 0 unspecified atom stereocenters. The summed E-state index contributed by atoms with van der Waals surface area (Å²) in [7, 11) is 0. The molecule has 3 nitrogen and oxygen atoms in total. The van der Waals surface area contributed by atoms with Gasteiger partial charge in [0, 0.05) is 11.7 Å². The molecule has 1 atom stereocenters. The third-order valence-electron chi connectivity index (χ3n) is 5.44. The topological polar surface area (TPSA) is 37.4 Å². The normalized spacial score (nSPS) is 16.5. The number of hydrogen-bond acceptors (Lipinski definition) is 3. The van der Waals surface area contributed by atoms with Crippen LogP contribution < -0.4 is 15.8 Å². The molecule has 0 spiro atoms. The molecule has 25 heavy (non-hydrogen) atoms. The third kappa shape index (κ3) is 2.19. The van der Waals surface area contributed by atoms with Gasteiger partial charge in [-0.2, -0.15) is 0 Å². The lowest BCUT2D eigenvalue weighted by atomic mass is 9.91. The van der Waals surface area contributed by atoms with Crippen molar-refractivity contribution in [2.75, 3.05) is 4.90 Å². The first-order chi connectivity index (χ1) is 11.9. The fourth-order valence-electron chi connectivity index (χ4n) is 4.00. The number of anilines is 2. The second-order valence-corrected chi connectivity index (χ2v) is 7.19. The van der Waals surface area contributed by atoms with Crippen molar-refractivity contribution >= 4 is 11.4 Å². The van der Waals surface area contributed by atoms with Gasteiger partial charge >= 0.3 is 0 Å². The first-order valence-corrected chi connectivity index (χ1v) is 8.68. The second-order valence-electron chi connectivity index (χ2n) is 7.19. The van der Waals surface area contributed by atoms with E-state index in [9.17, 15) is 9.59 Å². The number of aryl methyl sites for hydroxylation is 3. The van der Waals surface area contributed by atoms with Crippen LogP contribution in [0.5, 0.6) is 0 Å². The van der Waals surface area contributed by atoms with E-state index in [2.05, 4.69) is 30.9 Å². The molecule has 3 heteroatoms. The summed E-state index contributed by atoms with van der Waals surface area (Å²) in [5, 5.41) is 0. The maximum Gasteiger partial charge on any atom is 0.250 e. The molecule has 0 saturated heterocycles. The lowest BCUT2D eigenvalue weighted by molar-refractivity contribution is 0.755. The molecule has 0 fully saturated rings. The highest BCUT2D eigenvalue weighted by Gasteiger charge is 2.35. The van der Waals surface area contributed by atoms with Crippen molar-refractivity contribution in [1.29, 1.82) is 0 Å².